The van der Waals surface area contributed by atoms with E-state index in [1.165, 1.54) is 6.92 Å². The van der Waals surface area contributed by atoms with Crippen molar-refractivity contribution in [3.05, 3.63) is 59.3 Å². The molecule has 20 atom stereocenters. The highest BCUT2D eigenvalue weighted by molar-refractivity contribution is 8.13. The van der Waals surface area contributed by atoms with Gasteiger partial charge in [-0.3, -0.25) is 9.59 Å². The molecule has 7 aliphatic rings. The maximum absolute atomic E-state index is 14.4. The number of carbonyl (C=O) groups excluding carboxylic acids is 2. The third-order valence-corrected chi connectivity index (χ3v) is 16.4. The summed E-state index contributed by atoms with van der Waals surface area (Å²) in [6, 6.07) is 0. The van der Waals surface area contributed by atoms with Crippen molar-refractivity contribution in [1.29, 1.82) is 0 Å². The Hall–Kier alpha value is -2.29. The van der Waals surface area contributed by atoms with E-state index < -0.39 is 96.4 Å². The van der Waals surface area contributed by atoms with Gasteiger partial charge in [-0.05, 0) is 62.8 Å². The molecular formula is C52H78O15S. The summed E-state index contributed by atoms with van der Waals surface area (Å²) in [4.78, 5) is 26.3. The minimum absolute atomic E-state index is 0.0170. The number of methoxy groups -OCH3 is 2. The average Bonchev–Trinajstić information content (AvgIpc) is 3.57. The Labute approximate surface area is 407 Å². The van der Waals surface area contributed by atoms with Gasteiger partial charge in [-0.25, -0.2) is 0 Å². The van der Waals surface area contributed by atoms with Crippen molar-refractivity contribution in [1.82, 2.24) is 0 Å². The predicted molar refractivity (Wildman–Crippen MR) is 254 cm³/mol. The Morgan fingerprint density at radius 3 is 2.40 bits per heavy atom. The molecule has 0 amide bonds. The number of fused-ring (bicyclic) bond motifs is 2. The number of thioether (sulfide) groups is 1. The highest BCUT2D eigenvalue weighted by atomic mass is 32.2. The van der Waals surface area contributed by atoms with Crippen molar-refractivity contribution in [2.24, 2.45) is 23.7 Å². The molecule has 6 heterocycles. The van der Waals surface area contributed by atoms with E-state index >= 15 is 0 Å². The largest absolute Gasteiger partial charge is 0.462 e. The minimum Gasteiger partial charge on any atom is -0.462 e. The topological polar surface area (TPSA) is 187 Å². The summed E-state index contributed by atoms with van der Waals surface area (Å²) in [6.07, 6.45) is 8.64. The van der Waals surface area contributed by atoms with Crippen LogP contribution in [0.1, 0.15) is 107 Å². The number of aliphatic hydroxyl groups is 3. The minimum atomic E-state index is -1.85. The molecule has 16 heteroatoms. The smallest absolute Gasteiger partial charge is 0.316 e. The van der Waals surface area contributed by atoms with Crippen LogP contribution in [0.3, 0.4) is 0 Å². The highest BCUT2D eigenvalue weighted by Gasteiger charge is 2.60. The van der Waals surface area contributed by atoms with E-state index in [-0.39, 0.29) is 66.7 Å². The standard InChI is InChI=1S/C52H78O15S/c1-12-28(2)46-31(5)18-19-51(67-46)25-38-21-37(66-51)17-16-30(4)45(29(3)14-13-15-36-26-60-48-44(54)32(6)20-39(49(55)63-38)52(36,48)57)64-42-22-40(58-10)47(34(8)62-42)65-43-23-41(59-11)50(56,24-33(7)61-43)27-68-35(9)53/h13-16,18-20,28-29,31,33-34,37-48,54,56-57H,12,17,21-27H2,1-11H3/b14-13+,30-16+,36-15+/t28?,29-,31-,33-,34-,37+,38-,39-,40-,41-,42-,43-,44+,45-,46+,47-,48+,50?,51+,52+/m0/s1. The molecule has 0 aromatic heterocycles. The summed E-state index contributed by atoms with van der Waals surface area (Å²) in [6.45, 7) is 17.6. The van der Waals surface area contributed by atoms with Crippen LogP contribution in [0.25, 0.3) is 0 Å². The van der Waals surface area contributed by atoms with Crippen molar-refractivity contribution in [3.8, 4) is 0 Å². The van der Waals surface area contributed by atoms with Crippen LogP contribution in [0, 0.1) is 23.7 Å². The summed E-state index contributed by atoms with van der Waals surface area (Å²) < 4.78 is 64.7. The normalized spacial score (nSPS) is 47.1. The van der Waals surface area contributed by atoms with Crippen LogP contribution in [0.5, 0.6) is 0 Å². The Morgan fingerprint density at radius 1 is 0.941 bits per heavy atom. The Morgan fingerprint density at radius 2 is 1.69 bits per heavy atom. The van der Waals surface area contributed by atoms with Crippen molar-refractivity contribution < 1.29 is 72.3 Å². The van der Waals surface area contributed by atoms with Gasteiger partial charge in [0.25, 0.3) is 0 Å². The second-order valence-corrected chi connectivity index (χ2v) is 21.8. The van der Waals surface area contributed by atoms with Gasteiger partial charge in [0.05, 0.1) is 49.3 Å². The lowest BCUT2D eigenvalue weighted by Gasteiger charge is -2.48. The lowest BCUT2D eigenvalue weighted by Crippen LogP contribution is -2.58. The van der Waals surface area contributed by atoms with Gasteiger partial charge in [-0.15, -0.1) is 0 Å². The van der Waals surface area contributed by atoms with Gasteiger partial charge >= 0.3 is 5.97 Å². The van der Waals surface area contributed by atoms with Crippen molar-refractivity contribution >= 4 is 22.8 Å². The average molecular weight is 975 g/mol. The number of hydrogen-bond acceptors (Lipinski definition) is 16. The molecule has 6 aliphatic heterocycles. The monoisotopic (exact) mass is 975 g/mol. The van der Waals surface area contributed by atoms with Crippen LogP contribution in [-0.2, 0) is 57.0 Å². The fraction of sp³-hybridized carbons (Fsp3) is 0.769. The number of hydrogen-bond donors (Lipinski definition) is 3. The van der Waals surface area contributed by atoms with Crippen LogP contribution >= 0.6 is 11.8 Å². The zero-order valence-corrected chi connectivity index (χ0v) is 42.7. The maximum atomic E-state index is 14.4. The van der Waals surface area contributed by atoms with Crippen LogP contribution in [0.15, 0.2) is 59.3 Å². The van der Waals surface area contributed by atoms with Crippen molar-refractivity contribution in [2.45, 2.75) is 204 Å². The van der Waals surface area contributed by atoms with Gasteiger partial charge in [0, 0.05) is 70.8 Å². The molecule has 3 N–H and O–H groups in total. The van der Waals surface area contributed by atoms with Crippen LogP contribution < -0.4 is 0 Å². The molecule has 0 saturated carbocycles. The van der Waals surface area contributed by atoms with Crippen LogP contribution in [0.4, 0.5) is 0 Å². The maximum Gasteiger partial charge on any atom is 0.316 e. The fourth-order valence-corrected chi connectivity index (χ4v) is 12.2. The molecule has 382 valence electrons. The Kier molecular flexibility index (Phi) is 17.5. The molecule has 1 aliphatic carbocycles. The lowest BCUT2D eigenvalue weighted by molar-refractivity contribution is -0.301. The zero-order chi connectivity index (χ0) is 49.3. The van der Waals surface area contributed by atoms with Gasteiger partial charge in [0.1, 0.15) is 41.5 Å². The molecular weight excluding hydrogens is 897 g/mol. The molecule has 15 nitrogen and oxygen atoms in total. The highest BCUT2D eigenvalue weighted by Crippen LogP contribution is 2.47. The first-order chi connectivity index (χ1) is 32.2. The van der Waals surface area contributed by atoms with Gasteiger partial charge in [0.2, 0.25) is 0 Å². The van der Waals surface area contributed by atoms with E-state index in [4.69, 9.17) is 47.4 Å². The number of ether oxygens (including phenoxy) is 10. The lowest BCUT2D eigenvalue weighted by atomic mass is 9.71. The number of esters is 1. The summed E-state index contributed by atoms with van der Waals surface area (Å²) >= 11 is 1.06. The number of carbonyl (C=O) groups is 2. The van der Waals surface area contributed by atoms with Gasteiger partial charge < -0.3 is 62.7 Å². The van der Waals surface area contributed by atoms with Gasteiger partial charge in [-0.2, -0.15) is 0 Å². The first kappa shape index (κ1) is 53.5. The van der Waals surface area contributed by atoms with E-state index in [1.807, 2.05) is 39.0 Å². The molecule has 7 rings (SSSR count). The van der Waals surface area contributed by atoms with Crippen LogP contribution in [0.2, 0.25) is 0 Å². The Balaban J connectivity index is 1.16. The summed E-state index contributed by atoms with van der Waals surface area (Å²) in [7, 11) is 3.18. The SMILES string of the molecule is CCC(C)[C@H]1O[C@]2(C=C[C@@H]1C)C[C@@H]1C[C@@H](C/C=C(\C)[C@@H](O[C@H]3C[C@H](OC)[C@@H](O[C@H]4C[C@H](OC)C(O)(CSC(C)=O)C[C@H](C)O4)[C@H](C)O3)[C@@H](C)/C=C/C=C3\CO[C@@H]4[C@H](O)C(C)=C[C@@H](C(=O)O1)[C@]34O)O2. The number of allylic oxidation sites excluding steroid dienone is 2. The van der Waals surface area contributed by atoms with E-state index in [0.29, 0.717) is 30.4 Å². The summed E-state index contributed by atoms with van der Waals surface area (Å²) in [5, 5.41) is 35.4. The second kappa shape index (κ2) is 22.2. The first-order valence-corrected chi connectivity index (χ1v) is 25.7. The van der Waals surface area contributed by atoms with Crippen molar-refractivity contribution in [3.63, 3.8) is 0 Å². The quantitative estimate of drug-likeness (QED) is 0.161. The molecule has 2 bridgehead atoms. The second-order valence-electron chi connectivity index (χ2n) is 20.6. The summed E-state index contributed by atoms with van der Waals surface area (Å²) in [5.74, 6) is -2.49. The third kappa shape index (κ3) is 11.5. The molecule has 0 radical (unpaired) electrons. The van der Waals surface area contributed by atoms with E-state index in [9.17, 15) is 24.9 Å². The van der Waals surface area contributed by atoms with Gasteiger partial charge in [0.15, 0.2) is 23.5 Å². The first-order valence-electron chi connectivity index (χ1n) is 24.8. The number of aliphatic hydroxyl groups excluding tert-OH is 1. The molecule has 4 fully saturated rings. The number of rotatable bonds is 10. The molecule has 0 aromatic carbocycles. The van der Waals surface area contributed by atoms with Crippen molar-refractivity contribution in [2.75, 3.05) is 26.6 Å². The molecule has 0 aromatic rings. The van der Waals surface area contributed by atoms with E-state index in [2.05, 4.69) is 39.8 Å². The third-order valence-electron chi connectivity index (χ3n) is 15.4. The molecule has 68 heavy (non-hydrogen) atoms. The van der Waals surface area contributed by atoms with E-state index in [0.717, 1.165) is 23.8 Å². The van der Waals surface area contributed by atoms with Gasteiger partial charge in [-0.1, -0.05) is 82.3 Å². The Bertz CT molecular complexity index is 1940. The predicted octanol–water partition coefficient (Wildman–Crippen LogP) is 6.42. The molecule has 1 spiro atoms. The molecule has 2 unspecified atom stereocenters. The van der Waals surface area contributed by atoms with E-state index in [1.54, 1.807) is 33.3 Å². The van der Waals surface area contributed by atoms with Crippen LogP contribution in [-0.4, -0.2) is 150 Å². The summed E-state index contributed by atoms with van der Waals surface area (Å²) in [5.41, 5.74) is -1.23. The molecule has 4 saturated heterocycles. The zero-order valence-electron chi connectivity index (χ0n) is 41.9. The fourth-order valence-electron chi connectivity index (χ4n) is 11.4.